The van der Waals surface area contributed by atoms with Gasteiger partial charge in [0.15, 0.2) is 5.65 Å². The number of nitrogens with zero attached hydrogens (tertiary/aromatic N) is 6. The van der Waals surface area contributed by atoms with E-state index in [1.807, 2.05) is 18.2 Å². The summed E-state index contributed by atoms with van der Waals surface area (Å²) in [6.07, 6.45) is 3.78. The van der Waals surface area contributed by atoms with E-state index in [0.717, 1.165) is 29.9 Å². The second-order valence-corrected chi connectivity index (χ2v) is 5.93. The molecule has 3 aromatic rings. The van der Waals surface area contributed by atoms with E-state index in [9.17, 15) is 0 Å². The van der Waals surface area contributed by atoms with Gasteiger partial charge in [-0.05, 0) is 5.56 Å². The summed E-state index contributed by atoms with van der Waals surface area (Å²) < 4.78 is 7.71. The topological polar surface area (TPSA) is 79.9 Å². The molecule has 1 aromatic carbocycles. The lowest BCUT2D eigenvalue weighted by atomic mass is 10.1. The number of rotatable bonds is 4. The van der Waals surface area contributed by atoms with Gasteiger partial charge in [-0.1, -0.05) is 30.3 Å². The number of aromatic nitrogens is 4. The Balaban J connectivity index is 1.63. The molecule has 0 saturated carbocycles. The third kappa shape index (κ3) is 3.04. The molecule has 2 aromatic heterocycles. The Morgan fingerprint density at radius 1 is 1.24 bits per heavy atom. The molecule has 1 aliphatic heterocycles. The number of benzene rings is 1. The zero-order chi connectivity index (χ0) is 17.1. The number of nitriles is 1. The molecule has 4 rings (SSSR count). The number of hydrogen-bond acceptors (Lipinski definition) is 6. The van der Waals surface area contributed by atoms with Crippen molar-refractivity contribution < 1.29 is 4.74 Å². The van der Waals surface area contributed by atoms with Crippen LogP contribution >= 0.6 is 0 Å². The molecule has 0 spiro atoms. The highest BCUT2D eigenvalue weighted by Crippen LogP contribution is 2.28. The van der Waals surface area contributed by atoms with E-state index in [2.05, 4.69) is 38.2 Å². The van der Waals surface area contributed by atoms with Crippen LogP contribution in [0.25, 0.3) is 11.0 Å². The van der Waals surface area contributed by atoms with Crippen molar-refractivity contribution in [1.29, 1.82) is 5.26 Å². The molecular weight excluding hydrogens is 316 g/mol. The van der Waals surface area contributed by atoms with Crippen molar-refractivity contribution in [1.82, 2.24) is 19.7 Å². The Kier molecular flexibility index (Phi) is 4.27. The SMILES string of the molecule is N#CCCn1ncc2c(N3CCOC(c4ccccc4)C3)ncnc21. The van der Waals surface area contributed by atoms with E-state index in [-0.39, 0.29) is 6.10 Å². The van der Waals surface area contributed by atoms with Crippen LogP contribution in [0.1, 0.15) is 18.1 Å². The molecule has 1 fully saturated rings. The maximum Gasteiger partial charge on any atom is 0.163 e. The summed E-state index contributed by atoms with van der Waals surface area (Å²) in [4.78, 5) is 11.1. The summed E-state index contributed by atoms with van der Waals surface area (Å²) in [6, 6.07) is 12.4. The average molecular weight is 334 g/mol. The number of ether oxygens (including phenoxy) is 1. The van der Waals surface area contributed by atoms with Gasteiger partial charge in [-0.3, -0.25) is 0 Å². The summed E-state index contributed by atoms with van der Waals surface area (Å²) in [5, 5.41) is 14.1. The van der Waals surface area contributed by atoms with E-state index in [4.69, 9.17) is 10.00 Å². The van der Waals surface area contributed by atoms with Gasteiger partial charge in [-0.2, -0.15) is 10.4 Å². The van der Waals surface area contributed by atoms with Crippen LogP contribution in [0.3, 0.4) is 0 Å². The van der Waals surface area contributed by atoms with Crippen molar-refractivity contribution in [2.24, 2.45) is 0 Å². The summed E-state index contributed by atoms with van der Waals surface area (Å²) in [5.74, 6) is 0.873. The van der Waals surface area contributed by atoms with E-state index in [0.29, 0.717) is 19.6 Å². The van der Waals surface area contributed by atoms with Crippen LogP contribution in [0.4, 0.5) is 5.82 Å². The highest BCUT2D eigenvalue weighted by Gasteiger charge is 2.25. The van der Waals surface area contributed by atoms with Gasteiger partial charge in [-0.15, -0.1) is 0 Å². The lowest BCUT2D eigenvalue weighted by Gasteiger charge is -2.34. The molecule has 7 heteroatoms. The van der Waals surface area contributed by atoms with Crippen molar-refractivity contribution in [3.8, 4) is 6.07 Å². The Labute approximate surface area is 145 Å². The zero-order valence-corrected chi connectivity index (χ0v) is 13.7. The molecule has 1 aliphatic rings. The van der Waals surface area contributed by atoms with Gasteiger partial charge in [-0.25, -0.2) is 14.6 Å². The van der Waals surface area contributed by atoms with Crippen LogP contribution in [0.15, 0.2) is 42.9 Å². The van der Waals surface area contributed by atoms with Crippen molar-refractivity contribution in [2.45, 2.75) is 19.1 Å². The van der Waals surface area contributed by atoms with E-state index >= 15 is 0 Å². The molecule has 126 valence electrons. The number of anilines is 1. The molecule has 0 aliphatic carbocycles. The number of morpholine rings is 1. The van der Waals surface area contributed by atoms with Crippen molar-refractivity contribution in [3.05, 3.63) is 48.4 Å². The Bertz CT molecular complexity index is 901. The third-order valence-corrected chi connectivity index (χ3v) is 4.39. The largest absolute Gasteiger partial charge is 0.370 e. The molecular formula is C18H18N6O. The minimum Gasteiger partial charge on any atom is -0.370 e. The predicted molar refractivity (Wildman–Crippen MR) is 92.9 cm³/mol. The van der Waals surface area contributed by atoms with E-state index in [1.54, 1.807) is 17.2 Å². The monoisotopic (exact) mass is 334 g/mol. The molecule has 0 N–H and O–H groups in total. The molecule has 3 heterocycles. The Hall–Kier alpha value is -2.98. The summed E-state index contributed by atoms with van der Waals surface area (Å²) in [6.45, 7) is 2.69. The Morgan fingerprint density at radius 3 is 2.96 bits per heavy atom. The summed E-state index contributed by atoms with van der Waals surface area (Å²) in [7, 11) is 0. The molecule has 1 atom stereocenters. The molecule has 0 radical (unpaired) electrons. The van der Waals surface area contributed by atoms with Crippen LogP contribution in [-0.2, 0) is 11.3 Å². The second-order valence-electron chi connectivity index (χ2n) is 5.93. The Morgan fingerprint density at radius 2 is 2.12 bits per heavy atom. The first-order valence-electron chi connectivity index (χ1n) is 8.32. The first kappa shape index (κ1) is 15.5. The van der Waals surface area contributed by atoms with Gasteiger partial charge >= 0.3 is 0 Å². The fraction of sp³-hybridized carbons (Fsp3) is 0.333. The number of aryl methyl sites for hydroxylation is 1. The van der Waals surface area contributed by atoms with Gasteiger partial charge in [0.25, 0.3) is 0 Å². The molecule has 1 saturated heterocycles. The van der Waals surface area contributed by atoms with Gasteiger partial charge in [0.1, 0.15) is 18.2 Å². The number of hydrogen-bond donors (Lipinski definition) is 0. The van der Waals surface area contributed by atoms with Crippen molar-refractivity contribution in [3.63, 3.8) is 0 Å². The highest BCUT2D eigenvalue weighted by molar-refractivity contribution is 5.86. The maximum atomic E-state index is 8.79. The summed E-state index contributed by atoms with van der Waals surface area (Å²) in [5.41, 5.74) is 1.94. The fourth-order valence-electron chi connectivity index (χ4n) is 3.16. The molecule has 1 unspecified atom stereocenters. The van der Waals surface area contributed by atoms with Gasteiger partial charge in [0.2, 0.25) is 0 Å². The quantitative estimate of drug-likeness (QED) is 0.728. The first-order valence-corrected chi connectivity index (χ1v) is 8.32. The number of fused-ring (bicyclic) bond motifs is 1. The highest BCUT2D eigenvalue weighted by atomic mass is 16.5. The van der Waals surface area contributed by atoms with Crippen molar-refractivity contribution >= 4 is 16.9 Å². The van der Waals surface area contributed by atoms with Crippen LogP contribution < -0.4 is 4.90 Å². The van der Waals surface area contributed by atoms with Crippen molar-refractivity contribution in [2.75, 3.05) is 24.6 Å². The predicted octanol–water partition coefficient (Wildman–Crippen LogP) is 2.32. The first-order chi connectivity index (χ1) is 12.4. The van der Waals surface area contributed by atoms with Gasteiger partial charge < -0.3 is 9.64 Å². The smallest absolute Gasteiger partial charge is 0.163 e. The van der Waals surface area contributed by atoms with Gasteiger partial charge in [0, 0.05) is 13.1 Å². The minimum atomic E-state index is 0.0219. The normalized spacial score (nSPS) is 17.6. The molecule has 25 heavy (non-hydrogen) atoms. The maximum absolute atomic E-state index is 8.79. The molecule has 0 bridgehead atoms. The van der Waals surface area contributed by atoms with Crippen LogP contribution in [0.2, 0.25) is 0 Å². The summed E-state index contributed by atoms with van der Waals surface area (Å²) >= 11 is 0. The standard InChI is InChI=1S/C18H18N6O/c19-7-4-8-24-18-15(11-22-24)17(20-13-21-18)23-9-10-25-16(12-23)14-5-2-1-3-6-14/h1-3,5-6,11,13,16H,4,8-10,12H2. The zero-order valence-electron chi connectivity index (χ0n) is 13.7. The van der Waals surface area contributed by atoms with Crippen LogP contribution in [0.5, 0.6) is 0 Å². The average Bonchev–Trinajstić information content (AvgIpc) is 3.10. The lowest BCUT2D eigenvalue weighted by molar-refractivity contribution is 0.0396. The fourth-order valence-corrected chi connectivity index (χ4v) is 3.16. The minimum absolute atomic E-state index is 0.0219. The van der Waals surface area contributed by atoms with Crippen LogP contribution in [-0.4, -0.2) is 39.4 Å². The molecule has 7 nitrogen and oxygen atoms in total. The van der Waals surface area contributed by atoms with Gasteiger partial charge in [0.05, 0.1) is 37.2 Å². The molecule has 0 amide bonds. The lowest BCUT2D eigenvalue weighted by Crippen LogP contribution is -2.39. The third-order valence-electron chi connectivity index (χ3n) is 4.39. The van der Waals surface area contributed by atoms with E-state index in [1.165, 1.54) is 5.56 Å². The van der Waals surface area contributed by atoms with E-state index < -0.39 is 0 Å². The second kappa shape index (κ2) is 6.87. The van der Waals surface area contributed by atoms with Crippen LogP contribution in [0, 0.1) is 11.3 Å².